The number of nitrogens with zero attached hydrogens (tertiary/aromatic N) is 1. The molecule has 0 aliphatic rings. The van der Waals surface area contributed by atoms with Gasteiger partial charge in [-0.15, -0.1) is 0 Å². The normalized spacial score (nSPS) is 11.1. The highest BCUT2D eigenvalue weighted by atomic mass is 32.1. The quantitative estimate of drug-likeness (QED) is 0.503. The average Bonchev–Trinajstić information content (AvgIpc) is 1.87. The second-order valence-corrected chi connectivity index (χ2v) is 3.27. The molecule has 1 N–H and O–H groups in total. The summed E-state index contributed by atoms with van der Waals surface area (Å²) in [6.07, 6.45) is 2.58. The van der Waals surface area contributed by atoms with Gasteiger partial charge < -0.3 is 5.11 Å². The van der Waals surface area contributed by atoms with Crippen molar-refractivity contribution in [2.24, 2.45) is 0 Å². The van der Waals surface area contributed by atoms with Crippen LogP contribution in [0.15, 0.2) is 0 Å². The van der Waals surface area contributed by atoms with E-state index in [1.165, 1.54) is 11.4 Å². The lowest BCUT2D eigenvalue weighted by molar-refractivity contribution is 0.564. The molecular weight excluding hydrogens is 146 g/mol. The minimum Gasteiger partial charge on any atom is -0.356 e. The molecule has 0 saturated heterocycles. The van der Waals surface area contributed by atoms with Crippen molar-refractivity contribution in [1.29, 1.82) is 5.26 Å². The van der Waals surface area contributed by atoms with Crippen LogP contribution in [0.5, 0.6) is 0 Å². The van der Waals surface area contributed by atoms with Gasteiger partial charge in [0.05, 0.1) is 11.1 Å². The van der Waals surface area contributed by atoms with Crippen LogP contribution in [0, 0.1) is 11.3 Å². The summed E-state index contributed by atoms with van der Waals surface area (Å²) in [5, 5.41) is 17.3. The largest absolute Gasteiger partial charge is 0.356 e. The van der Waals surface area contributed by atoms with Crippen molar-refractivity contribution in [2.45, 2.75) is 26.2 Å². The molecule has 0 rings (SSSR count). The molecule has 0 heterocycles. The first-order valence-electron chi connectivity index (χ1n) is 3.29. The first-order valence-corrected chi connectivity index (χ1v) is 4.28. The van der Waals surface area contributed by atoms with Crippen LogP contribution < -0.4 is 0 Å². The van der Waals surface area contributed by atoms with E-state index in [-0.39, 0.29) is 0 Å². The first kappa shape index (κ1) is 9.54. The molecule has 0 spiro atoms. The van der Waals surface area contributed by atoms with Crippen LogP contribution >= 0.6 is 11.4 Å². The van der Waals surface area contributed by atoms with Gasteiger partial charge >= 0.3 is 0 Å². The number of aliphatic hydroxyl groups is 1. The molecule has 3 heteroatoms. The van der Waals surface area contributed by atoms with Crippen LogP contribution in [0.3, 0.4) is 0 Å². The fourth-order valence-electron chi connectivity index (χ4n) is 0.526. The lowest BCUT2D eigenvalue weighted by atomic mass is 10.3. The molecule has 2 nitrogen and oxygen atoms in total. The molecule has 10 heavy (non-hydrogen) atoms. The van der Waals surface area contributed by atoms with E-state index in [0.717, 1.165) is 18.6 Å². The maximum atomic E-state index is 8.72. The Bertz CT molecular complexity index is 144. The van der Waals surface area contributed by atoms with Gasteiger partial charge in [-0.3, -0.25) is 0 Å². The van der Waals surface area contributed by atoms with Crippen LogP contribution in [0.25, 0.3) is 0 Å². The summed E-state index contributed by atoms with van der Waals surface area (Å²) in [7, 11) is 0. The third-order valence-corrected chi connectivity index (χ3v) is 1.90. The summed E-state index contributed by atoms with van der Waals surface area (Å²) < 4.78 is 0. The number of rotatable bonds is 4. The summed E-state index contributed by atoms with van der Waals surface area (Å²) in [5.41, 5.74) is 0. The van der Waals surface area contributed by atoms with Gasteiger partial charge in [-0.1, -0.05) is 0 Å². The smallest absolute Gasteiger partial charge is 0.0938 e. The molecule has 0 saturated carbocycles. The van der Waals surface area contributed by atoms with Crippen LogP contribution in [-0.4, -0.2) is 15.9 Å². The summed E-state index contributed by atoms with van der Waals surface area (Å²) >= 11 is 1.44. The van der Waals surface area contributed by atoms with E-state index in [1.54, 1.807) is 6.92 Å². The Kier molecular flexibility index (Phi) is 6.35. The van der Waals surface area contributed by atoms with E-state index in [1.807, 2.05) is 0 Å². The Morgan fingerprint density at radius 2 is 2.30 bits per heavy atom. The maximum absolute atomic E-state index is 8.72. The van der Waals surface area contributed by atoms with Crippen molar-refractivity contribution in [1.82, 2.24) is 0 Å². The van der Waals surface area contributed by atoms with Crippen LogP contribution in [0.4, 0.5) is 0 Å². The van der Waals surface area contributed by atoms with Gasteiger partial charge in [-0.25, -0.2) is 0 Å². The number of aliphatic hydroxyl groups excluding tert-OH is 1. The second-order valence-electron chi connectivity index (χ2n) is 1.98. The molecular formula is C7H12NOS. The van der Waals surface area contributed by atoms with Gasteiger partial charge in [0.15, 0.2) is 0 Å². The lowest BCUT2D eigenvalue weighted by Crippen LogP contribution is -1.84. The van der Waals surface area contributed by atoms with Crippen molar-refractivity contribution in [3.63, 3.8) is 0 Å². The molecule has 0 amide bonds. The standard InChI is InChI=1S/C7H12NOS/c1-7(9)10-6-4-2-3-5-8/h9H,2-4,6H2,1H3. The third-order valence-electron chi connectivity index (χ3n) is 0.994. The van der Waals surface area contributed by atoms with Gasteiger partial charge in [0.25, 0.3) is 0 Å². The van der Waals surface area contributed by atoms with E-state index in [0.29, 0.717) is 11.5 Å². The molecule has 57 valence electrons. The lowest BCUT2D eigenvalue weighted by Gasteiger charge is -1.90. The fraction of sp³-hybridized carbons (Fsp3) is 0.714. The minimum atomic E-state index is 0.414. The van der Waals surface area contributed by atoms with Crippen molar-refractivity contribution >= 4 is 16.4 Å². The summed E-state index contributed by atoms with van der Waals surface area (Å²) in [4.78, 5) is 0. The molecule has 0 fully saturated rings. The highest BCUT2D eigenvalue weighted by molar-refractivity contribution is 7.98. The summed E-state index contributed by atoms with van der Waals surface area (Å²) in [5.74, 6) is 0.921. The monoisotopic (exact) mass is 158 g/mol. The zero-order valence-corrected chi connectivity index (χ0v) is 6.95. The Balaban J connectivity index is 3.07. The number of hydrogen-bond acceptors (Lipinski definition) is 1. The van der Waals surface area contributed by atoms with Gasteiger partial charge in [-0.05, 0) is 19.8 Å². The van der Waals surface area contributed by atoms with Crippen molar-refractivity contribution in [2.75, 3.05) is 5.75 Å². The van der Waals surface area contributed by atoms with E-state index in [4.69, 9.17) is 10.4 Å². The zero-order chi connectivity index (χ0) is 7.82. The van der Waals surface area contributed by atoms with Crippen LogP contribution in [0.1, 0.15) is 26.2 Å². The SMILES string of the molecule is CC(O)=[S]CCCCC#N. The minimum absolute atomic E-state index is 0.414. The Morgan fingerprint density at radius 1 is 1.60 bits per heavy atom. The second kappa shape index (κ2) is 6.66. The van der Waals surface area contributed by atoms with Gasteiger partial charge in [0, 0.05) is 12.2 Å². The highest BCUT2D eigenvalue weighted by Gasteiger charge is 1.85. The van der Waals surface area contributed by atoms with Gasteiger partial charge in [-0.2, -0.15) is 16.6 Å². The molecule has 0 aromatic carbocycles. The first-order chi connectivity index (χ1) is 4.77. The average molecular weight is 158 g/mol. The number of unbranched alkanes of at least 4 members (excludes halogenated alkanes) is 2. The van der Waals surface area contributed by atoms with E-state index >= 15 is 0 Å². The zero-order valence-electron chi connectivity index (χ0n) is 6.13. The van der Waals surface area contributed by atoms with Crippen molar-refractivity contribution in [3.8, 4) is 6.07 Å². The molecule has 0 bridgehead atoms. The Hall–Kier alpha value is -0.460. The molecule has 0 unspecified atom stereocenters. The maximum Gasteiger partial charge on any atom is 0.0938 e. The molecule has 0 aromatic heterocycles. The van der Waals surface area contributed by atoms with Crippen molar-refractivity contribution in [3.05, 3.63) is 0 Å². The predicted molar refractivity (Wildman–Crippen MR) is 45.2 cm³/mol. The predicted octanol–water partition coefficient (Wildman–Crippen LogP) is 2.12. The molecule has 0 aliphatic carbocycles. The molecule has 0 atom stereocenters. The van der Waals surface area contributed by atoms with E-state index < -0.39 is 0 Å². The van der Waals surface area contributed by atoms with E-state index in [9.17, 15) is 0 Å². The summed E-state index contributed by atoms with van der Waals surface area (Å²) in [6, 6.07) is 2.08. The highest BCUT2D eigenvalue weighted by Crippen LogP contribution is 1.99. The Labute approximate surface area is 65.4 Å². The number of hydrogen-bond donors (Lipinski definition) is 1. The third kappa shape index (κ3) is 7.54. The van der Waals surface area contributed by atoms with Gasteiger partial charge in [0.1, 0.15) is 0 Å². The van der Waals surface area contributed by atoms with Crippen LogP contribution in [0.2, 0.25) is 0 Å². The Morgan fingerprint density at radius 3 is 2.80 bits per heavy atom. The molecule has 0 aromatic rings. The molecule has 1 radical (unpaired) electrons. The van der Waals surface area contributed by atoms with E-state index in [2.05, 4.69) is 6.07 Å². The topological polar surface area (TPSA) is 44.0 Å². The van der Waals surface area contributed by atoms with Gasteiger partial charge in [0.2, 0.25) is 0 Å². The van der Waals surface area contributed by atoms with Crippen molar-refractivity contribution < 1.29 is 5.11 Å². The summed E-state index contributed by atoms with van der Waals surface area (Å²) in [6.45, 7) is 1.68. The fourth-order valence-corrected chi connectivity index (χ4v) is 1.17. The van der Waals surface area contributed by atoms with Crippen LogP contribution in [-0.2, 0) is 0 Å². The molecule has 0 aliphatic heterocycles. The number of nitriles is 1.